The van der Waals surface area contributed by atoms with Crippen LogP contribution in [0.1, 0.15) is 63.3 Å². The first-order valence-electron chi connectivity index (χ1n) is 15.4. The van der Waals surface area contributed by atoms with E-state index in [-0.39, 0.29) is 23.1 Å². The zero-order valence-corrected chi connectivity index (χ0v) is 26.7. The highest BCUT2D eigenvalue weighted by Gasteiger charge is 2.32. The number of fused-ring (bicyclic) bond motifs is 1. The van der Waals surface area contributed by atoms with Gasteiger partial charge in [0, 0.05) is 28.7 Å². The third kappa shape index (κ3) is 6.47. The van der Waals surface area contributed by atoms with Gasteiger partial charge in [-0.1, -0.05) is 80.0 Å². The Morgan fingerprint density at radius 1 is 1.02 bits per heavy atom. The standard InChI is InChI=1S/C36H40N4O3S/c1-23-9-13-27(14-10-23)40-34(21-33(39-40)36(2,3)4)38-35(42)37-31-16-15-28(29-7-5-6-8-30(29)31)25-11-12-26(32(41)20-25)19-24-17-18-44(43)22-24/h5-10,13-16,20-21,24,26H,11-12,17-19,22H2,1-4H3,(H2,37,38,42). The van der Waals surface area contributed by atoms with E-state index in [0.29, 0.717) is 17.4 Å². The van der Waals surface area contributed by atoms with E-state index in [9.17, 15) is 14.1 Å². The summed E-state index contributed by atoms with van der Waals surface area (Å²) < 4.78 is 13.6. The molecule has 2 amide bonds. The van der Waals surface area contributed by atoms with Crippen molar-refractivity contribution >= 4 is 50.8 Å². The SMILES string of the molecule is Cc1ccc(-n2nc(C(C)(C)C)cc2NC(=O)Nc2ccc(C3=CC(=O)C(CC4CC[S+]([O-])C4)CC3)c3ccccc23)cc1. The Hall–Kier alpha value is -3.88. The summed E-state index contributed by atoms with van der Waals surface area (Å²) in [5.41, 5.74) is 5.44. The monoisotopic (exact) mass is 608 g/mol. The number of nitrogens with zero attached hydrogens (tertiary/aromatic N) is 2. The fraction of sp³-hybridized carbons (Fsp3) is 0.361. The number of nitrogens with one attached hydrogen (secondary N) is 2. The molecule has 0 bridgehead atoms. The topological polar surface area (TPSA) is 99.1 Å². The summed E-state index contributed by atoms with van der Waals surface area (Å²) in [5.74, 6) is 2.68. The van der Waals surface area contributed by atoms with Crippen molar-refractivity contribution in [2.75, 3.05) is 22.1 Å². The second kappa shape index (κ2) is 12.3. The van der Waals surface area contributed by atoms with Crippen LogP contribution in [0.3, 0.4) is 0 Å². The molecule has 2 aliphatic rings. The molecule has 7 nitrogen and oxygen atoms in total. The minimum absolute atomic E-state index is 0.0156. The Morgan fingerprint density at radius 2 is 1.77 bits per heavy atom. The molecule has 6 rings (SSSR count). The molecule has 1 fully saturated rings. The van der Waals surface area contributed by atoms with Gasteiger partial charge in [0.1, 0.15) is 17.3 Å². The van der Waals surface area contributed by atoms with E-state index in [1.165, 1.54) is 0 Å². The smallest absolute Gasteiger partial charge is 0.324 e. The molecule has 1 saturated heterocycles. The van der Waals surface area contributed by atoms with Crippen molar-refractivity contribution in [3.05, 3.63) is 89.6 Å². The van der Waals surface area contributed by atoms with Crippen LogP contribution in [-0.4, -0.2) is 37.7 Å². The molecule has 0 saturated carbocycles. The van der Waals surface area contributed by atoms with Crippen molar-refractivity contribution in [3.8, 4) is 5.69 Å². The van der Waals surface area contributed by atoms with Gasteiger partial charge in [-0.15, -0.1) is 0 Å². The molecular formula is C36H40N4O3S. The van der Waals surface area contributed by atoms with Crippen LogP contribution in [0.4, 0.5) is 16.3 Å². The molecule has 8 heteroatoms. The maximum absolute atomic E-state index is 13.4. The highest BCUT2D eigenvalue weighted by atomic mass is 32.2. The zero-order valence-electron chi connectivity index (χ0n) is 25.9. The van der Waals surface area contributed by atoms with Crippen molar-refractivity contribution in [2.24, 2.45) is 11.8 Å². The minimum atomic E-state index is -0.719. The van der Waals surface area contributed by atoms with E-state index in [2.05, 4.69) is 31.4 Å². The number of aryl methyl sites for hydroxylation is 1. The third-order valence-corrected chi connectivity index (χ3v) is 10.3. The van der Waals surface area contributed by atoms with Gasteiger partial charge in [-0.25, -0.2) is 9.48 Å². The van der Waals surface area contributed by atoms with Gasteiger partial charge in [0.2, 0.25) is 0 Å². The van der Waals surface area contributed by atoms with Crippen LogP contribution >= 0.6 is 0 Å². The summed E-state index contributed by atoms with van der Waals surface area (Å²) in [5, 5.41) is 12.8. The molecule has 0 spiro atoms. The maximum atomic E-state index is 13.4. The number of amides is 2. The fourth-order valence-corrected chi connectivity index (χ4v) is 7.86. The Balaban J connectivity index is 1.23. The second-order valence-corrected chi connectivity index (χ2v) is 14.8. The molecule has 3 atom stereocenters. The van der Waals surface area contributed by atoms with Crippen molar-refractivity contribution in [1.82, 2.24) is 9.78 Å². The summed E-state index contributed by atoms with van der Waals surface area (Å²) in [6.45, 7) is 8.33. The van der Waals surface area contributed by atoms with Crippen LogP contribution in [0.15, 0.2) is 72.8 Å². The second-order valence-electron chi connectivity index (χ2n) is 13.2. The normalized spacial score (nSPS) is 20.5. The number of carbonyl (C=O) groups is 2. The van der Waals surface area contributed by atoms with Crippen molar-refractivity contribution in [3.63, 3.8) is 0 Å². The summed E-state index contributed by atoms with van der Waals surface area (Å²) >= 11 is -0.719. The lowest BCUT2D eigenvalue weighted by Gasteiger charge is -2.24. The molecule has 1 aliphatic carbocycles. The van der Waals surface area contributed by atoms with Gasteiger partial charge >= 0.3 is 6.03 Å². The molecule has 3 aromatic carbocycles. The van der Waals surface area contributed by atoms with Crippen LogP contribution < -0.4 is 10.6 Å². The number of allylic oxidation sites excluding steroid dienone is 2. The molecule has 2 heterocycles. The van der Waals surface area contributed by atoms with Crippen molar-refractivity contribution in [1.29, 1.82) is 0 Å². The maximum Gasteiger partial charge on any atom is 0.324 e. The van der Waals surface area contributed by atoms with Crippen LogP contribution in [0, 0.1) is 18.8 Å². The van der Waals surface area contributed by atoms with E-state index in [1.807, 2.05) is 79.7 Å². The van der Waals surface area contributed by atoms with Crippen molar-refractivity contribution in [2.45, 2.75) is 58.8 Å². The number of rotatable bonds is 6. The first-order chi connectivity index (χ1) is 21.0. The highest BCUT2D eigenvalue weighted by molar-refractivity contribution is 7.91. The quantitative estimate of drug-likeness (QED) is 0.218. The van der Waals surface area contributed by atoms with Crippen LogP contribution in [0.5, 0.6) is 0 Å². The lowest BCUT2D eigenvalue weighted by molar-refractivity contribution is -0.119. The van der Waals surface area contributed by atoms with E-state index in [4.69, 9.17) is 5.10 Å². The summed E-state index contributed by atoms with van der Waals surface area (Å²) in [7, 11) is 0. The predicted molar refractivity (Wildman–Crippen MR) is 180 cm³/mol. The van der Waals surface area contributed by atoms with Gasteiger partial charge < -0.3 is 9.87 Å². The van der Waals surface area contributed by atoms with Crippen LogP contribution in [0.25, 0.3) is 22.0 Å². The number of ketones is 1. The molecule has 1 aliphatic heterocycles. The number of aromatic nitrogens is 2. The van der Waals surface area contributed by atoms with Gasteiger partial charge in [0.05, 0.1) is 17.1 Å². The number of urea groups is 1. The summed E-state index contributed by atoms with van der Waals surface area (Å²) in [6, 6.07) is 21.5. The number of hydrogen-bond donors (Lipinski definition) is 2. The predicted octanol–water partition coefficient (Wildman–Crippen LogP) is 7.80. The lowest BCUT2D eigenvalue weighted by Crippen LogP contribution is -2.22. The molecular weight excluding hydrogens is 568 g/mol. The van der Waals surface area contributed by atoms with Crippen molar-refractivity contribution < 1.29 is 14.1 Å². The molecule has 1 aromatic heterocycles. The molecule has 228 valence electrons. The Bertz CT molecular complexity index is 1730. The van der Waals surface area contributed by atoms with Crippen LogP contribution in [-0.2, 0) is 21.4 Å². The average Bonchev–Trinajstić information content (AvgIpc) is 3.60. The lowest BCUT2D eigenvalue weighted by atomic mass is 9.80. The highest BCUT2D eigenvalue weighted by Crippen LogP contribution is 2.38. The summed E-state index contributed by atoms with van der Waals surface area (Å²) in [6.07, 6.45) is 5.26. The first kappa shape index (κ1) is 30.2. The van der Waals surface area contributed by atoms with Gasteiger partial charge in [-0.3, -0.25) is 10.1 Å². The van der Waals surface area contributed by atoms with Gasteiger partial charge in [-0.2, -0.15) is 5.10 Å². The zero-order chi connectivity index (χ0) is 31.0. The Labute approximate surface area is 262 Å². The van der Waals surface area contributed by atoms with Gasteiger partial charge in [0.15, 0.2) is 5.78 Å². The molecule has 44 heavy (non-hydrogen) atoms. The molecule has 4 aromatic rings. The molecule has 0 radical (unpaired) electrons. The van der Waals surface area contributed by atoms with E-state index >= 15 is 0 Å². The van der Waals surface area contributed by atoms with Gasteiger partial charge in [0.25, 0.3) is 0 Å². The number of hydrogen-bond acceptors (Lipinski definition) is 4. The number of anilines is 2. The number of carbonyl (C=O) groups excluding carboxylic acids is 2. The minimum Gasteiger partial charge on any atom is -0.616 e. The number of benzene rings is 3. The van der Waals surface area contributed by atoms with E-state index in [1.54, 1.807) is 4.68 Å². The Morgan fingerprint density at radius 3 is 2.45 bits per heavy atom. The average molecular weight is 609 g/mol. The van der Waals surface area contributed by atoms with Crippen LogP contribution in [0.2, 0.25) is 0 Å². The fourth-order valence-electron chi connectivity index (χ4n) is 6.27. The largest absolute Gasteiger partial charge is 0.616 e. The molecule has 2 N–H and O–H groups in total. The Kier molecular flexibility index (Phi) is 8.40. The first-order valence-corrected chi connectivity index (χ1v) is 16.9. The molecule has 3 unspecified atom stereocenters. The van der Waals surface area contributed by atoms with Gasteiger partial charge in [-0.05, 0) is 73.4 Å². The third-order valence-electron chi connectivity index (χ3n) is 8.79. The van der Waals surface area contributed by atoms with E-state index in [0.717, 1.165) is 76.0 Å². The van der Waals surface area contributed by atoms with E-state index < -0.39 is 11.2 Å². The summed E-state index contributed by atoms with van der Waals surface area (Å²) in [4.78, 5) is 26.6.